The molecule has 0 aliphatic heterocycles. The number of thiophene rings is 1. The number of amides is 1. The molecule has 0 unspecified atom stereocenters. The molecule has 1 N–H and O–H groups in total. The maximum atomic E-state index is 13.7. The summed E-state index contributed by atoms with van der Waals surface area (Å²) < 4.78 is 18.6. The fourth-order valence-electron chi connectivity index (χ4n) is 3.01. The fourth-order valence-corrected chi connectivity index (χ4v) is 4.50. The summed E-state index contributed by atoms with van der Waals surface area (Å²) in [6.07, 6.45) is 4.93. The van der Waals surface area contributed by atoms with Gasteiger partial charge in [0, 0.05) is 4.88 Å². The molecule has 1 aromatic heterocycles. The number of hydrogen-bond acceptors (Lipinski definition) is 5. The molecule has 3 rings (SSSR count). The SMILES string of the molecule is N#Cc1c(NC(=O)COC(=O)c2c(F)cccc2Cl)sc2c1CCCCC2. The minimum absolute atomic E-state index is 0.0887. The molecule has 0 saturated carbocycles. The van der Waals surface area contributed by atoms with Crippen molar-refractivity contribution in [3.05, 3.63) is 50.6 Å². The Labute approximate surface area is 164 Å². The molecule has 1 aliphatic rings. The van der Waals surface area contributed by atoms with Crippen LogP contribution in [-0.4, -0.2) is 18.5 Å². The minimum Gasteiger partial charge on any atom is -0.452 e. The average Bonchev–Trinajstić information content (AvgIpc) is 2.79. The summed E-state index contributed by atoms with van der Waals surface area (Å²) in [5, 5.41) is 12.5. The molecule has 1 aliphatic carbocycles. The van der Waals surface area contributed by atoms with Gasteiger partial charge in [0.15, 0.2) is 6.61 Å². The van der Waals surface area contributed by atoms with E-state index in [1.807, 2.05) is 0 Å². The number of anilines is 1. The first-order chi connectivity index (χ1) is 13.0. The van der Waals surface area contributed by atoms with E-state index in [1.54, 1.807) is 0 Å². The van der Waals surface area contributed by atoms with Crippen LogP contribution >= 0.6 is 22.9 Å². The second-order valence-corrected chi connectivity index (χ2v) is 7.61. The average molecular weight is 407 g/mol. The molecule has 0 radical (unpaired) electrons. The van der Waals surface area contributed by atoms with Gasteiger partial charge in [0.25, 0.3) is 5.91 Å². The monoisotopic (exact) mass is 406 g/mol. The molecule has 5 nitrogen and oxygen atoms in total. The molecule has 27 heavy (non-hydrogen) atoms. The Balaban J connectivity index is 1.67. The van der Waals surface area contributed by atoms with Crippen LogP contribution in [0.1, 0.15) is 45.6 Å². The van der Waals surface area contributed by atoms with Gasteiger partial charge in [-0.3, -0.25) is 4.79 Å². The number of carbonyl (C=O) groups is 2. The predicted octanol–water partition coefficient (Wildman–Crippen LogP) is 4.48. The van der Waals surface area contributed by atoms with Crippen molar-refractivity contribution in [1.82, 2.24) is 0 Å². The van der Waals surface area contributed by atoms with Crippen molar-refractivity contribution in [2.45, 2.75) is 32.1 Å². The highest BCUT2D eigenvalue weighted by Gasteiger charge is 2.22. The molecule has 1 aromatic carbocycles. The summed E-state index contributed by atoms with van der Waals surface area (Å²) in [6.45, 7) is -0.600. The third-order valence-corrected chi connectivity index (χ3v) is 5.81. The quantitative estimate of drug-likeness (QED) is 0.599. The summed E-state index contributed by atoms with van der Waals surface area (Å²) in [5.74, 6) is -2.43. The first kappa shape index (κ1) is 19.3. The van der Waals surface area contributed by atoms with Crippen LogP contribution in [0.2, 0.25) is 5.02 Å². The standard InChI is InChI=1S/C19H16ClFN2O3S/c20-13-6-4-7-14(21)17(13)19(25)26-10-16(24)23-18-12(9-22)11-5-2-1-3-8-15(11)27-18/h4,6-7H,1-3,5,8,10H2,(H,23,24). The predicted molar refractivity (Wildman–Crippen MR) is 101 cm³/mol. The number of aryl methyl sites for hydroxylation is 1. The Hall–Kier alpha value is -2.43. The first-order valence-corrected chi connectivity index (χ1v) is 9.66. The Morgan fingerprint density at radius 3 is 2.81 bits per heavy atom. The number of hydrogen-bond donors (Lipinski definition) is 1. The van der Waals surface area contributed by atoms with Gasteiger partial charge in [-0.05, 0) is 43.4 Å². The molecular formula is C19H16ClFN2O3S. The van der Waals surface area contributed by atoms with Crippen LogP contribution in [0.15, 0.2) is 18.2 Å². The number of esters is 1. The highest BCUT2D eigenvalue weighted by atomic mass is 35.5. The van der Waals surface area contributed by atoms with Crippen molar-refractivity contribution in [3.8, 4) is 6.07 Å². The number of nitrogens with one attached hydrogen (secondary N) is 1. The number of carbonyl (C=O) groups excluding carboxylic acids is 2. The molecule has 0 fully saturated rings. The van der Waals surface area contributed by atoms with E-state index in [-0.39, 0.29) is 5.02 Å². The van der Waals surface area contributed by atoms with Crippen molar-refractivity contribution in [2.24, 2.45) is 0 Å². The van der Waals surface area contributed by atoms with Gasteiger partial charge in [-0.15, -0.1) is 11.3 Å². The lowest BCUT2D eigenvalue weighted by molar-refractivity contribution is -0.119. The topological polar surface area (TPSA) is 79.2 Å². The number of fused-ring (bicyclic) bond motifs is 1. The van der Waals surface area contributed by atoms with E-state index < -0.39 is 29.9 Å². The van der Waals surface area contributed by atoms with Crippen LogP contribution in [0.25, 0.3) is 0 Å². The van der Waals surface area contributed by atoms with Gasteiger partial charge in [0.05, 0.1) is 10.6 Å². The van der Waals surface area contributed by atoms with Gasteiger partial charge < -0.3 is 10.1 Å². The maximum absolute atomic E-state index is 13.7. The van der Waals surface area contributed by atoms with Crippen molar-refractivity contribution < 1.29 is 18.7 Å². The van der Waals surface area contributed by atoms with Crippen molar-refractivity contribution in [2.75, 3.05) is 11.9 Å². The van der Waals surface area contributed by atoms with Gasteiger partial charge in [-0.2, -0.15) is 5.26 Å². The van der Waals surface area contributed by atoms with Gasteiger partial charge in [-0.25, -0.2) is 9.18 Å². The van der Waals surface area contributed by atoms with Gasteiger partial charge in [0.1, 0.15) is 22.5 Å². The number of benzene rings is 1. The van der Waals surface area contributed by atoms with Crippen LogP contribution in [0.3, 0.4) is 0 Å². The Morgan fingerprint density at radius 1 is 1.30 bits per heavy atom. The first-order valence-electron chi connectivity index (χ1n) is 8.47. The molecule has 140 valence electrons. The molecule has 2 aromatic rings. The van der Waals surface area contributed by atoms with Crippen LogP contribution in [0, 0.1) is 17.1 Å². The second-order valence-electron chi connectivity index (χ2n) is 6.10. The van der Waals surface area contributed by atoms with Crippen LogP contribution in [0.4, 0.5) is 9.39 Å². The zero-order valence-corrected chi connectivity index (χ0v) is 15.9. The number of nitrogens with zero attached hydrogens (tertiary/aromatic N) is 1. The van der Waals surface area contributed by atoms with Crippen LogP contribution < -0.4 is 5.32 Å². The van der Waals surface area contributed by atoms with Gasteiger partial charge in [0.2, 0.25) is 0 Å². The summed E-state index contributed by atoms with van der Waals surface area (Å²) in [4.78, 5) is 25.3. The third-order valence-electron chi connectivity index (χ3n) is 4.29. The lowest BCUT2D eigenvalue weighted by Crippen LogP contribution is -2.21. The summed E-state index contributed by atoms with van der Waals surface area (Å²) in [6, 6.07) is 5.97. The smallest absolute Gasteiger partial charge is 0.343 e. The molecule has 0 saturated heterocycles. The fraction of sp³-hybridized carbons (Fsp3) is 0.316. The van der Waals surface area contributed by atoms with E-state index in [9.17, 15) is 19.2 Å². The highest BCUT2D eigenvalue weighted by molar-refractivity contribution is 7.16. The normalized spacial score (nSPS) is 13.2. The van der Waals surface area contributed by atoms with E-state index in [1.165, 1.54) is 23.5 Å². The lowest BCUT2D eigenvalue weighted by Gasteiger charge is -2.07. The number of nitriles is 1. The molecule has 1 heterocycles. The van der Waals surface area contributed by atoms with Crippen molar-refractivity contribution >= 4 is 39.8 Å². The Morgan fingerprint density at radius 2 is 2.07 bits per heavy atom. The van der Waals surface area contributed by atoms with Crippen molar-refractivity contribution in [3.63, 3.8) is 0 Å². The third kappa shape index (κ3) is 4.29. The zero-order valence-electron chi connectivity index (χ0n) is 14.3. The summed E-state index contributed by atoms with van der Waals surface area (Å²) in [5.41, 5.74) is 1.08. The Kier molecular flexibility index (Phi) is 6.09. The molecule has 8 heteroatoms. The van der Waals surface area contributed by atoms with Gasteiger partial charge in [-0.1, -0.05) is 24.1 Å². The number of ether oxygens (including phenoxy) is 1. The van der Waals surface area contributed by atoms with Crippen molar-refractivity contribution in [1.29, 1.82) is 5.26 Å². The number of rotatable bonds is 4. The second kappa shape index (κ2) is 8.51. The summed E-state index contributed by atoms with van der Waals surface area (Å²) >= 11 is 7.19. The van der Waals surface area contributed by atoms with Crippen LogP contribution in [-0.2, 0) is 22.4 Å². The molecular weight excluding hydrogens is 391 g/mol. The Bertz CT molecular complexity index is 916. The van der Waals surface area contributed by atoms with Crippen LogP contribution in [0.5, 0.6) is 0 Å². The van der Waals surface area contributed by atoms with E-state index >= 15 is 0 Å². The van der Waals surface area contributed by atoms with E-state index in [4.69, 9.17) is 16.3 Å². The number of halogens is 2. The zero-order chi connectivity index (χ0) is 19.4. The lowest BCUT2D eigenvalue weighted by atomic mass is 10.1. The molecule has 0 spiro atoms. The molecule has 0 atom stereocenters. The largest absolute Gasteiger partial charge is 0.452 e. The van der Waals surface area contributed by atoms with E-state index in [0.717, 1.165) is 48.6 Å². The van der Waals surface area contributed by atoms with Gasteiger partial charge >= 0.3 is 5.97 Å². The maximum Gasteiger partial charge on any atom is 0.343 e. The van der Waals surface area contributed by atoms with E-state index in [0.29, 0.717) is 10.6 Å². The molecule has 1 amide bonds. The summed E-state index contributed by atoms with van der Waals surface area (Å²) in [7, 11) is 0. The highest BCUT2D eigenvalue weighted by Crippen LogP contribution is 2.36. The van der Waals surface area contributed by atoms with E-state index in [2.05, 4.69) is 11.4 Å². The molecule has 0 bridgehead atoms. The minimum atomic E-state index is -1.02.